The van der Waals surface area contributed by atoms with E-state index >= 15 is 0 Å². The number of benzene rings is 1. The molecule has 1 aromatic carbocycles. The van der Waals surface area contributed by atoms with E-state index in [9.17, 15) is 4.79 Å². The number of rotatable bonds is 5. The molecule has 0 fully saturated rings. The molecular weight excluding hydrogens is 362 g/mol. The number of fused-ring (bicyclic) bond motifs is 1. The molecule has 0 aliphatic heterocycles. The van der Waals surface area contributed by atoms with Crippen LogP contribution in [-0.2, 0) is 5.75 Å². The fourth-order valence-electron chi connectivity index (χ4n) is 2.28. The van der Waals surface area contributed by atoms with Crippen LogP contribution in [-0.4, -0.2) is 15.9 Å². The molecule has 0 radical (unpaired) electrons. The predicted molar refractivity (Wildman–Crippen MR) is 98.0 cm³/mol. The Bertz CT molecular complexity index is 962. The van der Waals surface area contributed by atoms with Gasteiger partial charge in [-0.15, -0.1) is 22.7 Å². The van der Waals surface area contributed by atoms with Crippen LogP contribution in [0.3, 0.4) is 0 Å². The number of amides is 1. The van der Waals surface area contributed by atoms with Gasteiger partial charge in [0.05, 0.1) is 0 Å². The molecule has 24 heavy (non-hydrogen) atoms. The lowest BCUT2D eigenvalue weighted by Crippen LogP contribution is -2.12. The molecule has 3 aromatic heterocycles. The molecule has 5 nitrogen and oxygen atoms in total. The lowest BCUT2D eigenvalue weighted by molar-refractivity contribution is 0.0998. The SMILES string of the molecule is O=C(Nc1nccs1)c1oc2ccccc2c1CSc1nccs1. The average molecular weight is 373 g/mol. The summed E-state index contributed by atoms with van der Waals surface area (Å²) in [7, 11) is 0. The van der Waals surface area contributed by atoms with Gasteiger partial charge in [0, 0.05) is 39.9 Å². The van der Waals surface area contributed by atoms with Gasteiger partial charge in [0.2, 0.25) is 0 Å². The zero-order valence-corrected chi connectivity index (χ0v) is 14.7. The Kier molecular flexibility index (Phi) is 4.33. The molecule has 0 spiro atoms. The van der Waals surface area contributed by atoms with Gasteiger partial charge in [0.15, 0.2) is 10.9 Å². The average Bonchev–Trinajstić information content (AvgIpc) is 3.33. The van der Waals surface area contributed by atoms with Gasteiger partial charge in [-0.25, -0.2) is 9.97 Å². The number of carbonyl (C=O) groups excluding carboxylic acids is 1. The van der Waals surface area contributed by atoms with Gasteiger partial charge in [0.25, 0.3) is 5.91 Å². The highest BCUT2D eigenvalue weighted by Crippen LogP contribution is 2.33. The van der Waals surface area contributed by atoms with Gasteiger partial charge in [0.1, 0.15) is 9.92 Å². The Labute approximate surface area is 149 Å². The number of aromatic nitrogens is 2. The van der Waals surface area contributed by atoms with Crippen LogP contribution < -0.4 is 5.32 Å². The Morgan fingerprint density at radius 3 is 2.79 bits per heavy atom. The summed E-state index contributed by atoms with van der Waals surface area (Å²) in [5, 5.41) is 8.04. The number of para-hydroxylation sites is 1. The summed E-state index contributed by atoms with van der Waals surface area (Å²) in [6.07, 6.45) is 3.43. The van der Waals surface area contributed by atoms with Crippen molar-refractivity contribution in [3.8, 4) is 0 Å². The lowest BCUT2D eigenvalue weighted by Gasteiger charge is -2.02. The van der Waals surface area contributed by atoms with Gasteiger partial charge >= 0.3 is 0 Å². The predicted octanol–water partition coefficient (Wildman–Crippen LogP) is 4.89. The van der Waals surface area contributed by atoms with Crippen LogP contribution in [0.15, 0.2) is 56.2 Å². The zero-order valence-electron chi connectivity index (χ0n) is 12.3. The van der Waals surface area contributed by atoms with Gasteiger partial charge in [-0.1, -0.05) is 30.0 Å². The van der Waals surface area contributed by atoms with E-state index in [0.29, 0.717) is 22.2 Å². The Hall–Kier alpha value is -2.16. The molecule has 3 heterocycles. The molecule has 0 saturated carbocycles. The number of carbonyl (C=O) groups is 1. The number of nitrogens with one attached hydrogen (secondary N) is 1. The second-order valence-corrected chi connectivity index (χ2v) is 7.80. The van der Waals surface area contributed by atoms with E-state index in [2.05, 4.69) is 15.3 Å². The summed E-state index contributed by atoms with van der Waals surface area (Å²) in [5.74, 6) is 0.664. The van der Waals surface area contributed by atoms with E-state index in [1.54, 1.807) is 35.5 Å². The highest BCUT2D eigenvalue weighted by atomic mass is 32.2. The molecule has 0 unspecified atom stereocenters. The molecule has 0 bridgehead atoms. The summed E-state index contributed by atoms with van der Waals surface area (Å²) >= 11 is 4.55. The van der Waals surface area contributed by atoms with E-state index in [4.69, 9.17) is 4.42 Å². The minimum atomic E-state index is -0.282. The van der Waals surface area contributed by atoms with Crippen molar-refractivity contribution < 1.29 is 9.21 Å². The Morgan fingerprint density at radius 1 is 1.17 bits per heavy atom. The van der Waals surface area contributed by atoms with Crippen molar-refractivity contribution in [3.05, 3.63) is 58.7 Å². The van der Waals surface area contributed by atoms with Gasteiger partial charge in [-0.2, -0.15) is 0 Å². The first-order valence-corrected chi connectivity index (χ1v) is 9.79. The highest BCUT2D eigenvalue weighted by molar-refractivity contribution is 8.00. The van der Waals surface area contributed by atoms with Crippen molar-refractivity contribution >= 4 is 56.4 Å². The van der Waals surface area contributed by atoms with E-state index in [0.717, 1.165) is 15.3 Å². The van der Waals surface area contributed by atoms with Gasteiger partial charge < -0.3 is 4.42 Å². The zero-order chi connectivity index (χ0) is 16.4. The number of nitrogens with zero attached hydrogens (tertiary/aromatic N) is 2. The third-order valence-corrected chi connectivity index (χ3v) is 5.99. The van der Waals surface area contributed by atoms with E-state index in [-0.39, 0.29) is 5.91 Å². The van der Waals surface area contributed by atoms with E-state index in [1.165, 1.54) is 11.3 Å². The molecule has 0 saturated heterocycles. The normalized spacial score (nSPS) is 11.0. The molecule has 1 N–H and O–H groups in total. The molecule has 0 atom stereocenters. The maximum absolute atomic E-state index is 12.6. The van der Waals surface area contributed by atoms with Crippen molar-refractivity contribution in [2.45, 2.75) is 10.1 Å². The van der Waals surface area contributed by atoms with Crippen LogP contribution in [0.4, 0.5) is 5.13 Å². The first kappa shape index (κ1) is 15.4. The molecule has 120 valence electrons. The molecule has 0 aliphatic carbocycles. The fourth-order valence-corrected chi connectivity index (χ4v) is 4.47. The van der Waals surface area contributed by atoms with E-state index in [1.807, 2.05) is 35.0 Å². The second kappa shape index (κ2) is 6.76. The van der Waals surface area contributed by atoms with Crippen molar-refractivity contribution in [3.63, 3.8) is 0 Å². The second-order valence-electron chi connectivity index (χ2n) is 4.78. The lowest BCUT2D eigenvalue weighted by atomic mass is 10.1. The third kappa shape index (κ3) is 3.08. The maximum atomic E-state index is 12.6. The maximum Gasteiger partial charge on any atom is 0.293 e. The first-order chi connectivity index (χ1) is 11.8. The van der Waals surface area contributed by atoms with Crippen LogP contribution in [0.1, 0.15) is 16.1 Å². The third-order valence-electron chi connectivity index (χ3n) is 3.31. The van der Waals surface area contributed by atoms with Crippen LogP contribution in [0.5, 0.6) is 0 Å². The number of furan rings is 1. The van der Waals surface area contributed by atoms with Gasteiger partial charge in [-0.05, 0) is 6.07 Å². The summed E-state index contributed by atoms with van der Waals surface area (Å²) in [4.78, 5) is 21.0. The van der Waals surface area contributed by atoms with Crippen LogP contribution in [0.2, 0.25) is 0 Å². The fraction of sp³-hybridized carbons (Fsp3) is 0.0625. The van der Waals surface area contributed by atoms with Crippen molar-refractivity contribution in [1.82, 2.24) is 9.97 Å². The van der Waals surface area contributed by atoms with Crippen molar-refractivity contribution in [2.24, 2.45) is 0 Å². The quantitative estimate of drug-likeness (QED) is 0.504. The van der Waals surface area contributed by atoms with Crippen LogP contribution in [0.25, 0.3) is 11.0 Å². The summed E-state index contributed by atoms with van der Waals surface area (Å²) in [5.41, 5.74) is 1.58. The Balaban J connectivity index is 1.68. The van der Waals surface area contributed by atoms with Crippen molar-refractivity contribution in [1.29, 1.82) is 0 Å². The number of hydrogen-bond donors (Lipinski definition) is 1. The minimum Gasteiger partial charge on any atom is -0.451 e. The molecule has 4 aromatic rings. The molecular formula is C16H11N3O2S3. The molecule has 1 amide bonds. The minimum absolute atomic E-state index is 0.282. The Morgan fingerprint density at radius 2 is 2.00 bits per heavy atom. The van der Waals surface area contributed by atoms with E-state index < -0.39 is 0 Å². The summed E-state index contributed by atoms with van der Waals surface area (Å²) in [6.45, 7) is 0. The van der Waals surface area contributed by atoms with Crippen LogP contribution >= 0.6 is 34.4 Å². The topological polar surface area (TPSA) is 68.0 Å². The molecule has 0 aliphatic rings. The first-order valence-electron chi connectivity index (χ1n) is 7.05. The molecule has 4 rings (SSSR count). The summed E-state index contributed by atoms with van der Waals surface area (Å²) < 4.78 is 6.78. The van der Waals surface area contributed by atoms with Crippen LogP contribution in [0, 0.1) is 0 Å². The van der Waals surface area contributed by atoms with Crippen molar-refractivity contribution in [2.75, 3.05) is 5.32 Å². The number of hydrogen-bond acceptors (Lipinski definition) is 7. The summed E-state index contributed by atoms with van der Waals surface area (Å²) in [6, 6.07) is 7.67. The standard InChI is InChI=1S/C16H11N3O2S3/c20-14(19-15-17-5-7-22-15)13-11(9-24-16-18-6-8-23-16)10-3-1-2-4-12(10)21-13/h1-8H,9H2,(H,17,19,20). The smallest absolute Gasteiger partial charge is 0.293 e. The number of thioether (sulfide) groups is 1. The monoisotopic (exact) mass is 373 g/mol. The number of anilines is 1. The molecule has 8 heteroatoms. The highest BCUT2D eigenvalue weighted by Gasteiger charge is 2.21. The number of thiazole rings is 2. The largest absolute Gasteiger partial charge is 0.451 e. The van der Waals surface area contributed by atoms with Gasteiger partial charge in [-0.3, -0.25) is 10.1 Å².